The molecule has 3 rings (SSSR count). The summed E-state index contributed by atoms with van der Waals surface area (Å²) in [5.41, 5.74) is 2.95. The summed E-state index contributed by atoms with van der Waals surface area (Å²) in [5.74, 6) is 0.556. The van der Waals surface area contributed by atoms with Crippen LogP contribution >= 0.6 is 0 Å². The lowest BCUT2D eigenvalue weighted by atomic mass is 10.1. The number of pyridine rings is 1. The lowest BCUT2D eigenvalue weighted by Gasteiger charge is -2.28. The third kappa shape index (κ3) is 3.24. The summed E-state index contributed by atoms with van der Waals surface area (Å²) in [5, 5.41) is 0. The first-order valence-electron chi connectivity index (χ1n) is 7.41. The lowest BCUT2D eigenvalue weighted by Crippen LogP contribution is -2.31. The Morgan fingerprint density at radius 3 is 3.05 bits per heavy atom. The Morgan fingerprint density at radius 2 is 2.24 bits per heavy atom. The molecule has 0 radical (unpaired) electrons. The Morgan fingerprint density at radius 1 is 1.33 bits per heavy atom. The van der Waals surface area contributed by atoms with Gasteiger partial charge in [-0.2, -0.15) is 4.39 Å². The minimum atomic E-state index is -0.377. The molecule has 0 bridgehead atoms. The first-order valence-corrected chi connectivity index (χ1v) is 7.41. The van der Waals surface area contributed by atoms with Crippen LogP contribution in [0.1, 0.15) is 36.0 Å². The summed E-state index contributed by atoms with van der Waals surface area (Å²) in [6.07, 6.45) is 6.30. The first-order chi connectivity index (χ1) is 10.3. The molecular formula is C16H19FN4. The van der Waals surface area contributed by atoms with E-state index in [-0.39, 0.29) is 5.95 Å². The van der Waals surface area contributed by atoms with Crippen molar-refractivity contribution >= 4 is 0 Å². The van der Waals surface area contributed by atoms with Gasteiger partial charge in [-0.3, -0.25) is 4.90 Å². The van der Waals surface area contributed by atoms with Crippen LogP contribution in [0, 0.1) is 5.95 Å². The highest BCUT2D eigenvalue weighted by molar-refractivity contribution is 5.21. The maximum Gasteiger partial charge on any atom is 0.217 e. The zero-order chi connectivity index (χ0) is 14.7. The van der Waals surface area contributed by atoms with Gasteiger partial charge in [0.2, 0.25) is 5.95 Å². The van der Waals surface area contributed by atoms with Crippen molar-refractivity contribution in [2.24, 2.45) is 0 Å². The molecule has 0 aromatic carbocycles. The Balaban J connectivity index is 1.71. The number of rotatable bonds is 4. The second-order valence-electron chi connectivity index (χ2n) is 5.42. The van der Waals surface area contributed by atoms with Gasteiger partial charge in [-0.25, -0.2) is 15.0 Å². The van der Waals surface area contributed by atoms with Gasteiger partial charge in [0.25, 0.3) is 0 Å². The molecule has 0 saturated carbocycles. The van der Waals surface area contributed by atoms with E-state index in [0.29, 0.717) is 12.1 Å². The fourth-order valence-corrected chi connectivity index (χ4v) is 2.67. The molecule has 0 aliphatic carbocycles. The summed E-state index contributed by atoms with van der Waals surface area (Å²) >= 11 is 0. The SMILES string of the molecule is CCCc1ncc2c(n1)CCN(Cc1cccnc1F)C2. The quantitative estimate of drug-likeness (QED) is 0.810. The molecule has 0 amide bonds. The molecule has 0 N–H and O–H groups in total. The molecule has 0 unspecified atom stereocenters. The summed E-state index contributed by atoms with van der Waals surface area (Å²) in [6, 6.07) is 3.56. The van der Waals surface area contributed by atoms with Gasteiger partial charge in [0.15, 0.2) is 0 Å². The average Bonchev–Trinajstić information content (AvgIpc) is 2.50. The maximum atomic E-state index is 13.6. The van der Waals surface area contributed by atoms with E-state index in [1.807, 2.05) is 6.20 Å². The van der Waals surface area contributed by atoms with Gasteiger partial charge in [0, 0.05) is 61.7 Å². The Hall–Kier alpha value is -1.88. The fraction of sp³-hybridized carbons (Fsp3) is 0.438. The van der Waals surface area contributed by atoms with E-state index >= 15 is 0 Å². The van der Waals surface area contributed by atoms with E-state index in [9.17, 15) is 4.39 Å². The first kappa shape index (κ1) is 14.1. The predicted octanol–water partition coefficient (Wildman–Crippen LogP) is 2.52. The van der Waals surface area contributed by atoms with Crippen LogP contribution in [0.2, 0.25) is 0 Å². The van der Waals surface area contributed by atoms with Crippen LogP contribution < -0.4 is 0 Å². The van der Waals surface area contributed by atoms with Crippen LogP contribution in [0.3, 0.4) is 0 Å². The topological polar surface area (TPSA) is 41.9 Å². The molecular weight excluding hydrogens is 267 g/mol. The third-order valence-electron chi connectivity index (χ3n) is 3.77. The maximum absolute atomic E-state index is 13.6. The van der Waals surface area contributed by atoms with Crippen molar-refractivity contribution < 1.29 is 4.39 Å². The van der Waals surface area contributed by atoms with Crippen LogP contribution in [0.25, 0.3) is 0 Å². The smallest absolute Gasteiger partial charge is 0.217 e. The van der Waals surface area contributed by atoms with Crippen LogP contribution in [0.4, 0.5) is 4.39 Å². The van der Waals surface area contributed by atoms with Gasteiger partial charge in [-0.1, -0.05) is 13.0 Å². The zero-order valence-electron chi connectivity index (χ0n) is 12.2. The number of aryl methyl sites for hydroxylation is 1. The molecule has 2 aromatic heterocycles. The molecule has 4 nitrogen and oxygen atoms in total. The molecule has 3 heterocycles. The second kappa shape index (κ2) is 6.26. The highest BCUT2D eigenvalue weighted by Gasteiger charge is 2.19. The number of halogens is 1. The predicted molar refractivity (Wildman–Crippen MR) is 78.0 cm³/mol. The standard InChI is InChI=1S/C16H19FN4/c1-2-4-15-19-9-13-11-21(8-6-14(13)20-15)10-12-5-3-7-18-16(12)17/h3,5,7,9H,2,4,6,8,10-11H2,1H3. The monoisotopic (exact) mass is 286 g/mol. The molecule has 21 heavy (non-hydrogen) atoms. The van der Waals surface area contributed by atoms with E-state index < -0.39 is 0 Å². The summed E-state index contributed by atoms with van der Waals surface area (Å²) < 4.78 is 13.6. The van der Waals surface area contributed by atoms with Crippen LogP contribution in [0.15, 0.2) is 24.5 Å². The highest BCUT2D eigenvalue weighted by Crippen LogP contribution is 2.19. The van der Waals surface area contributed by atoms with Crippen LogP contribution in [-0.4, -0.2) is 26.4 Å². The van der Waals surface area contributed by atoms with E-state index in [0.717, 1.165) is 49.4 Å². The number of nitrogens with zero attached hydrogens (tertiary/aromatic N) is 4. The number of fused-ring (bicyclic) bond motifs is 1. The fourth-order valence-electron chi connectivity index (χ4n) is 2.67. The van der Waals surface area contributed by atoms with Gasteiger partial charge in [-0.15, -0.1) is 0 Å². The van der Waals surface area contributed by atoms with Gasteiger partial charge in [0.1, 0.15) is 5.82 Å². The van der Waals surface area contributed by atoms with Crippen molar-refractivity contribution in [3.8, 4) is 0 Å². The van der Waals surface area contributed by atoms with E-state index in [2.05, 4.69) is 26.8 Å². The van der Waals surface area contributed by atoms with Crippen molar-refractivity contribution in [3.05, 3.63) is 53.1 Å². The van der Waals surface area contributed by atoms with Crippen molar-refractivity contribution in [3.63, 3.8) is 0 Å². The zero-order valence-corrected chi connectivity index (χ0v) is 12.2. The molecule has 2 aromatic rings. The normalized spacial score (nSPS) is 15.0. The Labute approximate surface area is 124 Å². The summed E-state index contributed by atoms with van der Waals surface area (Å²) in [7, 11) is 0. The minimum Gasteiger partial charge on any atom is -0.294 e. The second-order valence-corrected chi connectivity index (χ2v) is 5.42. The molecule has 0 saturated heterocycles. The van der Waals surface area contributed by atoms with E-state index in [1.54, 1.807) is 12.1 Å². The lowest BCUT2D eigenvalue weighted by molar-refractivity contribution is 0.238. The van der Waals surface area contributed by atoms with Crippen molar-refractivity contribution in [2.75, 3.05) is 6.54 Å². The molecule has 1 aliphatic heterocycles. The van der Waals surface area contributed by atoms with Crippen molar-refractivity contribution in [1.82, 2.24) is 19.9 Å². The van der Waals surface area contributed by atoms with Crippen molar-refractivity contribution in [2.45, 2.75) is 39.3 Å². The summed E-state index contributed by atoms with van der Waals surface area (Å²) in [6.45, 7) is 4.38. The van der Waals surface area contributed by atoms with Gasteiger partial charge in [0.05, 0.1) is 0 Å². The Kier molecular flexibility index (Phi) is 4.20. The van der Waals surface area contributed by atoms with Gasteiger partial charge < -0.3 is 0 Å². The van der Waals surface area contributed by atoms with Crippen molar-refractivity contribution in [1.29, 1.82) is 0 Å². The molecule has 5 heteroatoms. The summed E-state index contributed by atoms with van der Waals surface area (Å²) in [4.78, 5) is 15.0. The number of hydrogen-bond acceptors (Lipinski definition) is 4. The largest absolute Gasteiger partial charge is 0.294 e. The molecule has 1 aliphatic rings. The number of hydrogen-bond donors (Lipinski definition) is 0. The molecule has 110 valence electrons. The van der Waals surface area contributed by atoms with E-state index in [4.69, 9.17) is 0 Å². The van der Waals surface area contributed by atoms with Gasteiger partial charge >= 0.3 is 0 Å². The number of aromatic nitrogens is 3. The third-order valence-corrected chi connectivity index (χ3v) is 3.77. The van der Waals surface area contributed by atoms with E-state index in [1.165, 1.54) is 6.20 Å². The Bertz CT molecular complexity index is 629. The average molecular weight is 286 g/mol. The molecule has 0 atom stereocenters. The van der Waals surface area contributed by atoms with Crippen LogP contribution in [-0.2, 0) is 25.9 Å². The van der Waals surface area contributed by atoms with Crippen LogP contribution in [0.5, 0.6) is 0 Å². The molecule has 0 fully saturated rings. The highest BCUT2D eigenvalue weighted by atomic mass is 19.1. The van der Waals surface area contributed by atoms with Gasteiger partial charge in [-0.05, 0) is 12.5 Å². The molecule has 0 spiro atoms. The minimum absolute atomic E-state index is 0.377.